The molecule has 0 aliphatic rings. The number of hydrogen-bond donors (Lipinski definition) is 1. The van der Waals surface area contributed by atoms with Crippen LogP contribution in [0.3, 0.4) is 0 Å². The minimum atomic E-state index is -0.979. The van der Waals surface area contributed by atoms with Crippen LogP contribution in [0.2, 0.25) is 0 Å². The third-order valence-electron chi connectivity index (χ3n) is 2.42. The molecule has 0 atom stereocenters. The van der Waals surface area contributed by atoms with Crippen LogP contribution < -0.4 is 10.5 Å². The van der Waals surface area contributed by atoms with E-state index < -0.39 is 16.4 Å². The first kappa shape index (κ1) is 12.7. The maximum atomic E-state index is 13.5. The maximum Gasteiger partial charge on any atom is 0.305 e. The lowest BCUT2D eigenvalue weighted by molar-refractivity contribution is -0.387. The predicted octanol–water partition coefficient (Wildman–Crippen LogP) is 1.78. The van der Waals surface area contributed by atoms with E-state index in [1.54, 1.807) is 0 Å². The van der Waals surface area contributed by atoms with Gasteiger partial charge < -0.3 is 10.5 Å². The van der Waals surface area contributed by atoms with Crippen LogP contribution in [0.1, 0.15) is 0 Å². The van der Waals surface area contributed by atoms with Crippen LogP contribution in [0, 0.1) is 15.9 Å². The lowest BCUT2D eigenvalue weighted by Gasteiger charge is -2.08. The van der Waals surface area contributed by atoms with Gasteiger partial charge in [-0.1, -0.05) is 0 Å². The van der Waals surface area contributed by atoms with E-state index in [1.165, 1.54) is 19.4 Å². The van der Waals surface area contributed by atoms with E-state index >= 15 is 0 Å². The van der Waals surface area contributed by atoms with Crippen LogP contribution in [-0.4, -0.2) is 22.0 Å². The number of aromatic nitrogens is 2. The number of nitrogens with zero attached hydrogens (tertiary/aromatic N) is 3. The highest BCUT2D eigenvalue weighted by Crippen LogP contribution is 2.34. The number of nitro groups is 1. The number of rotatable bonds is 3. The summed E-state index contributed by atoms with van der Waals surface area (Å²) >= 11 is 0. The van der Waals surface area contributed by atoms with Crippen LogP contribution >= 0.6 is 0 Å². The molecule has 1 heterocycles. The molecule has 8 heteroatoms. The number of hydrogen-bond acceptors (Lipinski definition) is 6. The normalized spacial score (nSPS) is 10.2. The topological polar surface area (TPSA) is 104 Å². The molecule has 98 valence electrons. The molecule has 2 aromatic rings. The molecule has 0 aliphatic carbocycles. The Bertz CT molecular complexity index is 648. The number of ether oxygens (including phenoxy) is 1. The second-order valence-corrected chi connectivity index (χ2v) is 3.56. The molecule has 1 aromatic heterocycles. The van der Waals surface area contributed by atoms with Crippen molar-refractivity contribution in [2.45, 2.75) is 0 Å². The fourth-order valence-electron chi connectivity index (χ4n) is 1.58. The maximum absolute atomic E-state index is 13.5. The van der Waals surface area contributed by atoms with E-state index in [4.69, 9.17) is 10.5 Å². The molecule has 0 aliphatic heterocycles. The molecule has 0 radical (unpaired) electrons. The van der Waals surface area contributed by atoms with Crippen molar-refractivity contribution in [1.29, 1.82) is 0 Å². The van der Waals surface area contributed by atoms with Gasteiger partial charge in [0, 0.05) is 23.9 Å². The van der Waals surface area contributed by atoms with Crippen molar-refractivity contribution >= 4 is 11.6 Å². The van der Waals surface area contributed by atoms with Crippen LogP contribution in [0.15, 0.2) is 24.4 Å². The summed E-state index contributed by atoms with van der Waals surface area (Å²) in [4.78, 5) is 17.6. The van der Waals surface area contributed by atoms with Crippen LogP contribution in [0.5, 0.6) is 5.75 Å². The van der Waals surface area contributed by atoms with Crippen molar-refractivity contribution in [3.8, 4) is 17.0 Å². The van der Waals surface area contributed by atoms with E-state index in [0.717, 1.165) is 12.1 Å². The van der Waals surface area contributed by atoms with E-state index in [0.29, 0.717) is 5.69 Å². The molecule has 0 amide bonds. The average molecular weight is 264 g/mol. The van der Waals surface area contributed by atoms with E-state index in [9.17, 15) is 14.5 Å². The van der Waals surface area contributed by atoms with E-state index in [1.807, 2.05) is 0 Å². The van der Waals surface area contributed by atoms with E-state index in [2.05, 4.69) is 9.97 Å². The zero-order chi connectivity index (χ0) is 14.0. The number of halogens is 1. The van der Waals surface area contributed by atoms with Gasteiger partial charge in [-0.05, 0) is 6.07 Å². The van der Waals surface area contributed by atoms with Crippen molar-refractivity contribution in [3.63, 3.8) is 0 Å². The van der Waals surface area contributed by atoms with Gasteiger partial charge in [0.25, 0.3) is 0 Å². The summed E-state index contributed by atoms with van der Waals surface area (Å²) < 4.78 is 18.5. The number of benzene rings is 1. The molecule has 0 unspecified atom stereocenters. The number of methoxy groups -OCH3 is 1. The quantitative estimate of drug-likeness (QED) is 0.669. The van der Waals surface area contributed by atoms with E-state index in [-0.39, 0.29) is 17.3 Å². The third kappa shape index (κ3) is 2.41. The Balaban J connectivity index is 2.67. The van der Waals surface area contributed by atoms with Crippen molar-refractivity contribution in [2.75, 3.05) is 12.8 Å². The highest BCUT2D eigenvalue weighted by molar-refractivity contribution is 5.70. The average Bonchev–Trinajstić information content (AvgIpc) is 2.37. The summed E-state index contributed by atoms with van der Waals surface area (Å²) in [6.07, 6.45) is 1.40. The summed E-state index contributed by atoms with van der Waals surface area (Å²) in [6, 6.07) is 3.48. The minimum Gasteiger partial charge on any atom is -0.496 e. The zero-order valence-electron chi connectivity index (χ0n) is 9.83. The van der Waals surface area contributed by atoms with Gasteiger partial charge in [-0.3, -0.25) is 10.1 Å². The molecule has 2 rings (SSSR count). The largest absolute Gasteiger partial charge is 0.496 e. The van der Waals surface area contributed by atoms with Gasteiger partial charge in [-0.25, -0.2) is 9.97 Å². The Morgan fingerprint density at radius 2 is 2.21 bits per heavy atom. The highest BCUT2D eigenvalue weighted by atomic mass is 19.1. The lowest BCUT2D eigenvalue weighted by atomic mass is 10.1. The lowest BCUT2D eigenvalue weighted by Crippen LogP contribution is -1.99. The van der Waals surface area contributed by atoms with Crippen molar-refractivity contribution < 1.29 is 14.1 Å². The third-order valence-corrected chi connectivity index (χ3v) is 2.42. The summed E-state index contributed by atoms with van der Waals surface area (Å²) in [5.74, 6) is -0.847. The second-order valence-electron chi connectivity index (χ2n) is 3.56. The van der Waals surface area contributed by atoms with Gasteiger partial charge in [0.1, 0.15) is 5.75 Å². The molecule has 0 bridgehead atoms. The molecule has 0 saturated carbocycles. The van der Waals surface area contributed by atoms with Gasteiger partial charge in [-0.2, -0.15) is 4.39 Å². The molecule has 19 heavy (non-hydrogen) atoms. The Hall–Kier alpha value is -2.77. The van der Waals surface area contributed by atoms with Crippen molar-refractivity contribution in [1.82, 2.24) is 9.97 Å². The summed E-state index contributed by atoms with van der Waals surface area (Å²) in [5, 5.41) is 10.7. The molecular formula is C11H9FN4O3. The Kier molecular flexibility index (Phi) is 3.23. The van der Waals surface area contributed by atoms with Gasteiger partial charge >= 0.3 is 5.69 Å². The predicted molar refractivity (Wildman–Crippen MR) is 65.0 cm³/mol. The number of anilines is 1. The molecular weight excluding hydrogens is 255 g/mol. The molecule has 7 nitrogen and oxygen atoms in total. The molecule has 1 aromatic carbocycles. The fraction of sp³-hybridized carbons (Fsp3) is 0.0909. The molecule has 0 spiro atoms. The van der Waals surface area contributed by atoms with Gasteiger partial charge in [0.2, 0.25) is 11.8 Å². The van der Waals surface area contributed by atoms with Crippen LogP contribution in [0.4, 0.5) is 16.0 Å². The van der Waals surface area contributed by atoms with Gasteiger partial charge in [0.05, 0.1) is 17.7 Å². The fourth-order valence-corrected chi connectivity index (χ4v) is 1.58. The number of nitro benzene ring substituents is 1. The highest BCUT2D eigenvalue weighted by Gasteiger charge is 2.20. The SMILES string of the molecule is COc1cc(F)c([N+](=O)[O-])cc1-c1ccnc(N)n1. The number of nitrogens with two attached hydrogens (primary N) is 1. The second kappa shape index (κ2) is 4.84. The Morgan fingerprint density at radius 3 is 2.79 bits per heavy atom. The molecule has 2 N–H and O–H groups in total. The minimum absolute atomic E-state index is 0.00605. The summed E-state index contributed by atoms with van der Waals surface area (Å²) in [5.41, 5.74) is 5.37. The first-order valence-electron chi connectivity index (χ1n) is 5.13. The van der Waals surface area contributed by atoms with Crippen molar-refractivity contribution in [3.05, 3.63) is 40.3 Å². The molecule has 0 saturated heterocycles. The summed E-state index contributed by atoms with van der Waals surface area (Å²) in [7, 11) is 1.33. The van der Waals surface area contributed by atoms with Gasteiger partial charge in [0.15, 0.2) is 0 Å². The first-order valence-corrected chi connectivity index (χ1v) is 5.13. The number of nitrogen functional groups attached to an aromatic ring is 1. The smallest absolute Gasteiger partial charge is 0.305 e. The summed E-state index contributed by atoms with van der Waals surface area (Å²) in [6.45, 7) is 0. The molecule has 0 fully saturated rings. The van der Waals surface area contributed by atoms with Crippen LogP contribution in [-0.2, 0) is 0 Å². The van der Waals surface area contributed by atoms with Crippen molar-refractivity contribution in [2.24, 2.45) is 0 Å². The van der Waals surface area contributed by atoms with Gasteiger partial charge in [-0.15, -0.1) is 0 Å². The standard InChI is InChI=1S/C11H9FN4O3/c1-19-10-5-7(12)9(16(17)18)4-6(10)8-2-3-14-11(13)15-8/h2-5H,1H3,(H2,13,14,15). The Morgan fingerprint density at radius 1 is 1.47 bits per heavy atom. The monoisotopic (exact) mass is 264 g/mol. The van der Waals surface area contributed by atoms with Crippen LogP contribution in [0.25, 0.3) is 11.3 Å². The first-order chi connectivity index (χ1) is 9.02. The Labute approximate surface area is 107 Å². The zero-order valence-corrected chi connectivity index (χ0v) is 9.83.